The van der Waals surface area contributed by atoms with Crippen LogP contribution >= 0.6 is 7.26 Å². The van der Waals surface area contributed by atoms with Crippen molar-refractivity contribution in [1.29, 1.82) is 0 Å². The summed E-state index contributed by atoms with van der Waals surface area (Å²) in [5.41, 5.74) is 3.49. The summed E-state index contributed by atoms with van der Waals surface area (Å²) in [6.07, 6.45) is 8.41. The average molecular weight is 317 g/mol. The molecule has 0 unspecified atom stereocenters. The number of anilines is 1. The highest BCUT2D eigenvalue weighted by Gasteiger charge is 2.39. The molecular formula is C18H26N2OP+. The molecule has 0 aliphatic carbocycles. The SMILES string of the molecule is [C-]#[N+]c1cc(C)c(NC(=O)C[P+]2(CC)CCCCC2)c(C)c1. The van der Waals surface area contributed by atoms with Gasteiger partial charge in [-0.3, -0.25) is 4.79 Å². The molecule has 0 spiro atoms. The van der Waals surface area contributed by atoms with E-state index in [-0.39, 0.29) is 5.91 Å². The van der Waals surface area contributed by atoms with Gasteiger partial charge < -0.3 is 5.32 Å². The van der Waals surface area contributed by atoms with Crippen LogP contribution in [0.15, 0.2) is 12.1 Å². The van der Waals surface area contributed by atoms with Gasteiger partial charge in [0.15, 0.2) is 5.69 Å². The Hall–Kier alpha value is -1.39. The molecule has 4 heteroatoms. The van der Waals surface area contributed by atoms with Gasteiger partial charge in [0.2, 0.25) is 0 Å². The van der Waals surface area contributed by atoms with Gasteiger partial charge in [-0.05, 0) is 51.2 Å². The Morgan fingerprint density at radius 2 is 1.82 bits per heavy atom. The molecule has 1 aromatic rings. The number of nitrogens with zero attached hydrogens (tertiary/aromatic N) is 1. The Kier molecular flexibility index (Phi) is 5.59. The van der Waals surface area contributed by atoms with Crippen molar-refractivity contribution in [3.63, 3.8) is 0 Å². The first-order valence-electron chi connectivity index (χ1n) is 8.13. The number of carbonyl (C=O) groups excluding carboxylic acids is 1. The van der Waals surface area contributed by atoms with E-state index in [2.05, 4.69) is 17.1 Å². The Morgan fingerprint density at radius 1 is 1.23 bits per heavy atom. The fourth-order valence-electron chi connectivity index (χ4n) is 3.46. The number of hydrogen-bond acceptors (Lipinski definition) is 1. The number of carbonyl (C=O) groups is 1. The molecule has 0 saturated carbocycles. The lowest BCUT2D eigenvalue weighted by molar-refractivity contribution is -0.113. The summed E-state index contributed by atoms with van der Waals surface area (Å²) in [7, 11) is -1.07. The third-order valence-corrected chi connectivity index (χ3v) is 9.66. The summed E-state index contributed by atoms with van der Waals surface area (Å²) < 4.78 is 0. The third kappa shape index (κ3) is 3.87. The molecule has 1 saturated heterocycles. The van der Waals surface area contributed by atoms with Crippen LogP contribution < -0.4 is 5.32 Å². The second kappa shape index (κ2) is 7.25. The van der Waals surface area contributed by atoms with Crippen LogP contribution in [-0.4, -0.2) is 30.6 Å². The smallest absolute Gasteiger partial charge is 0.261 e. The van der Waals surface area contributed by atoms with Crippen molar-refractivity contribution in [2.75, 3.05) is 30.0 Å². The van der Waals surface area contributed by atoms with Crippen LogP contribution in [0, 0.1) is 20.4 Å². The van der Waals surface area contributed by atoms with Crippen molar-refractivity contribution in [3.8, 4) is 0 Å². The van der Waals surface area contributed by atoms with Gasteiger partial charge in [-0.15, -0.1) is 0 Å². The summed E-state index contributed by atoms with van der Waals surface area (Å²) in [6.45, 7) is 13.3. The van der Waals surface area contributed by atoms with Crippen LogP contribution in [0.5, 0.6) is 0 Å². The fourth-order valence-corrected chi connectivity index (χ4v) is 7.33. The van der Waals surface area contributed by atoms with E-state index in [1.54, 1.807) is 0 Å². The van der Waals surface area contributed by atoms with E-state index >= 15 is 0 Å². The van der Waals surface area contributed by atoms with Gasteiger partial charge in [-0.2, -0.15) is 0 Å². The molecule has 1 aromatic carbocycles. The van der Waals surface area contributed by atoms with E-state index < -0.39 is 7.26 Å². The van der Waals surface area contributed by atoms with Crippen molar-refractivity contribution in [2.24, 2.45) is 0 Å². The number of rotatable bonds is 4. The van der Waals surface area contributed by atoms with Crippen molar-refractivity contribution < 1.29 is 4.79 Å². The molecule has 1 fully saturated rings. The molecule has 118 valence electrons. The van der Waals surface area contributed by atoms with Crippen molar-refractivity contribution in [2.45, 2.75) is 40.0 Å². The molecule has 3 nitrogen and oxygen atoms in total. The van der Waals surface area contributed by atoms with Crippen LogP contribution in [0.4, 0.5) is 11.4 Å². The van der Waals surface area contributed by atoms with Crippen LogP contribution in [0.3, 0.4) is 0 Å². The van der Waals surface area contributed by atoms with Gasteiger partial charge in [0.05, 0.1) is 25.1 Å². The summed E-state index contributed by atoms with van der Waals surface area (Å²) in [5.74, 6) is 0.166. The van der Waals surface area contributed by atoms with Gasteiger partial charge >= 0.3 is 0 Å². The lowest BCUT2D eigenvalue weighted by Crippen LogP contribution is -2.25. The topological polar surface area (TPSA) is 33.5 Å². The van der Waals surface area contributed by atoms with Gasteiger partial charge in [-0.1, -0.05) is 12.1 Å². The summed E-state index contributed by atoms with van der Waals surface area (Å²) in [5, 5.41) is 3.12. The summed E-state index contributed by atoms with van der Waals surface area (Å²) in [6, 6.07) is 3.70. The highest BCUT2D eigenvalue weighted by Crippen LogP contribution is 2.61. The van der Waals surface area contributed by atoms with E-state index in [1.807, 2.05) is 26.0 Å². The predicted molar refractivity (Wildman–Crippen MR) is 96.7 cm³/mol. The number of aryl methyl sites for hydroxylation is 2. The number of hydrogen-bond donors (Lipinski definition) is 1. The normalized spacial score (nSPS) is 16.8. The number of nitrogens with one attached hydrogen (secondary N) is 1. The second-order valence-electron chi connectivity index (χ2n) is 6.44. The summed E-state index contributed by atoms with van der Waals surface area (Å²) in [4.78, 5) is 16.0. The highest BCUT2D eigenvalue weighted by atomic mass is 31.2. The minimum atomic E-state index is -1.07. The van der Waals surface area contributed by atoms with Crippen LogP contribution in [-0.2, 0) is 4.79 Å². The Labute approximate surface area is 134 Å². The number of benzene rings is 1. The van der Waals surface area contributed by atoms with Crippen molar-refractivity contribution in [1.82, 2.24) is 0 Å². The molecule has 0 radical (unpaired) electrons. The zero-order valence-corrected chi connectivity index (χ0v) is 14.8. The molecule has 0 aromatic heterocycles. The van der Waals surface area contributed by atoms with E-state index in [0.29, 0.717) is 5.69 Å². The van der Waals surface area contributed by atoms with E-state index in [4.69, 9.17) is 6.57 Å². The van der Waals surface area contributed by atoms with E-state index in [9.17, 15) is 4.79 Å². The van der Waals surface area contributed by atoms with Gasteiger partial charge in [0, 0.05) is 12.9 Å². The predicted octanol–water partition coefficient (Wildman–Crippen LogP) is 5.01. The molecule has 0 atom stereocenters. The van der Waals surface area contributed by atoms with E-state index in [1.165, 1.54) is 37.7 Å². The van der Waals surface area contributed by atoms with Gasteiger partial charge in [-0.25, -0.2) is 4.85 Å². The van der Waals surface area contributed by atoms with Gasteiger partial charge in [0.25, 0.3) is 5.91 Å². The minimum absolute atomic E-state index is 0.166. The van der Waals surface area contributed by atoms with Gasteiger partial charge in [0.1, 0.15) is 6.16 Å². The highest BCUT2D eigenvalue weighted by molar-refractivity contribution is 7.76. The lowest BCUT2D eigenvalue weighted by Gasteiger charge is -2.29. The van der Waals surface area contributed by atoms with Crippen LogP contribution in [0.1, 0.15) is 37.3 Å². The molecular weight excluding hydrogens is 291 g/mol. The zero-order valence-electron chi connectivity index (χ0n) is 13.9. The fraction of sp³-hybridized carbons (Fsp3) is 0.556. The first kappa shape index (κ1) is 17.0. The Morgan fingerprint density at radius 3 is 2.32 bits per heavy atom. The number of amides is 1. The summed E-state index contributed by atoms with van der Waals surface area (Å²) >= 11 is 0. The third-order valence-electron chi connectivity index (χ3n) is 4.83. The molecule has 1 aliphatic heterocycles. The maximum atomic E-state index is 12.6. The largest absolute Gasteiger partial charge is 0.323 e. The first-order valence-corrected chi connectivity index (χ1v) is 10.7. The lowest BCUT2D eigenvalue weighted by atomic mass is 10.1. The van der Waals surface area contributed by atoms with Crippen molar-refractivity contribution >= 4 is 24.5 Å². The molecule has 1 N–H and O–H groups in total. The molecule has 2 rings (SSSR count). The molecule has 1 amide bonds. The first-order chi connectivity index (χ1) is 10.5. The maximum absolute atomic E-state index is 12.6. The second-order valence-corrected chi connectivity index (χ2v) is 11.0. The molecule has 0 bridgehead atoms. The van der Waals surface area contributed by atoms with Crippen LogP contribution in [0.2, 0.25) is 0 Å². The maximum Gasteiger partial charge on any atom is 0.261 e. The monoisotopic (exact) mass is 317 g/mol. The molecule has 1 heterocycles. The average Bonchev–Trinajstić information content (AvgIpc) is 2.51. The minimum Gasteiger partial charge on any atom is -0.323 e. The standard InChI is InChI=1S/C18H25N2OP/c1-5-22(9-7-6-8-10-22)13-17(21)20-18-14(2)11-16(19-4)12-15(18)3/h11-12H,5-10,13H2,1-3H3/p+1. The Balaban J connectivity index is 2.11. The van der Waals surface area contributed by atoms with Crippen molar-refractivity contribution in [3.05, 3.63) is 34.7 Å². The molecule has 1 aliphatic rings. The zero-order chi connectivity index (χ0) is 16.2. The Bertz CT molecular complexity index is 575. The van der Waals surface area contributed by atoms with Crippen LogP contribution in [0.25, 0.3) is 4.85 Å². The quantitative estimate of drug-likeness (QED) is 0.614. The molecule has 22 heavy (non-hydrogen) atoms. The van der Waals surface area contributed by atoms with E-state index in [0.717, 1.165) is 23.0 Å².